The van der Waals surface area contributed by atoms with Crippen LogP contribution in [-0.2, 0) is 0 Å². The highest BCUT2D eigenvalue weighted by Crippen LogP contribution is 2.40. The van der Waals surface area contributed by atoms with Gasteiger partial charge in [0.2, 0.25) is 0 Å². The van der Waals surface area contributed by atoms with E-state index in [0.29, 0.717) is 39.5 Å². The average molecular weight is 491 g/mol. The number of ketones is 1. The van der Waals surface area contributed by atoms with E-state index in [1.807, 2.05) is 0 Å². The molecule has 186 valence electrons. The first kappa shape index (κ1) is 24.7. The number of fused-ring (bicyclic) bond motifs is 1. The fourth-order valence-electron chi connectivity index (χ4n) is 4.22. The minimum Gasteiger partial charge on any atom is -0.507 e. The second-order valence-electron chi connectivity index (χ2n) is 8.01. The van der Waals surface area contributed by atoms with Gasteiger partial charge in [0.05, 0.1) is 39.4 Å². The zero-order chi connectivity index (χ0) is 25.8. The van der Waals surface area contributed by atoms with Gasteiger partial charge in [0.25, 0.3) is 0 Å². The van der Waals surface area contributed by atoms with Gasteiger partial charge >= 0.3 is 5.63 Å². The number of aromatic hydroxyl groups is 1. The Morgan fingerprint density at radius 3 is 2.11 bits per heavy atom. The Balaban J connectivity index is 1.87. The molecule has 4 rings (SSSR count). The Morgan fingerprint density at radius 2 is 1.44 bits per heavy atom. The van der Waals surface area contributed by atoms with Gasteiger partial charge < -0.3 is 28.5 Å². The van der Waals surface area contributed by atoms with E-state index >= 15 is 0 Å². The maximum atomic E-state index is 13.5. The molecule has 8 heteroatoms. The van der Waals surface area contributed by atoms with E-state index in [4.69, 9.17) is 23.4 Å². The number of rotatable bonds is 9. The summed E-state index contributed by atoms with van der Waals surface area (Å²) in [7, 11) is 6.00. The molecule has 0 aliphatic carbocycles. The SMILES string of the molecule is COc1ccc(C(=O)C[C@H](c2ccc(OC)c(OC)c2)c2c(O)c3ccccc3oc2=O)cc1OC. The predicted molar refractivity (Wildman–Crippen MR) is 134 cm³/mol. The highest BCUT2D eigenvalue weighted by atomic mass is 16.5. The summed E-state index contributed by atoms with van der Waals surface area (Å²) in [5, 5.41) is 11.5. The van der Waals surface area contributed by atoms with Crippen LogP contribution in [0.15, 0.2) is 69.9 Å². The zero-order valence-corrected chi connectivity index (χ0v) is 20.4. The van der Waals surface area contributed by atoms with E-state index in [9.17, 15) is 14.7 Å². The molecule has 0 spiro atoms. The van der Waals surface area contributed by atoms with E-state index in [2.05, 4.69) is 0 Å². The monoisotopic (exact) mass is 490 g/mol. The number of benzene rings is 3. The zero-order valence-electron chi connectivity index (χ0n) is 20.4. The van der Waals surface area contributed by atoms with Crippen LogP contribution in [0.2, 0.25) is 0 Å². The lowest BCUT2D eigenvalue weighted by Crippen LogP contribution is -2.18. The predicted octanol–water partition coefficient (Wildman–Crippen LogP) is 4.94. The number of carbonyl (C=O) groups is 1. The largest absolute Gasteiger partial charge is 0.507 e. The molecule has 0 saturated heterocycles. The Kier molecular flexibility index (Phi) is 7.15. The van der Waals surface area contributed by atoms with Crippen molar-refractivity contribution in [1.29, 1.82) is 0 Å². The van der Waals surface area contributed by atoms with Gasteiger partial charge in [0.1, 0.15) is 11.3 Å². The van der Waals surface area contributed by atoms with Gasteiger partial charge in [-0.05, 0) is 48.0 Å². The molecular weight excluding hydrogens is 464 g/mol. The van der Waals surface area contributed by atoms with Crippen molar-refractivity contribution in [3.05, 3.63) is 87.8 Å². The number of para-hydroxylation sites is 1. The van der Waals surface area contributed by atoms with Gasteiger partial charge in [-0.15, -0.1) is 0 Å². The van der Waals surface area contributed by atoms with Gasteiger partial charge in [-0.1, -0.05) is 18.2 Å². The summed E-state index contributed by atoms with van der Waals surface area (Å²) in [4.78, 5) is 26.6. The third kappa shape index (κ3) is 4.57. The van der Waals surface area contributed by atoms with Crippen LogP contribution in [0.4, 0.5) is 0 Å². The lowest BCUT2D eigenvalue weighted by molar-refractivity contribution is 0.0976. The molecule has 4 aromatic rings. The third-order valence-corrected chi connectivity index (χ3v) is 6.07. The second-order valence-corrected chi connectivity index (χ2v) is 8.01. The molecule has 0 radical (unpaired) electrons. The summed E-state index contributed by atoms with van der Waals surface area (Å²) in [6.45, 7) is 0. The van der Waals surface area contributed by atoms with Gasteiger partial charge in [-0.25, -0.2) is 4.79 Å². The Labute approximate surface area is 207 Å². The van der Waals surface area contributed by atoms with E-state index < -0.39 is 11.5 Å². The van der Waals surface area contributed by atoms with Crippen LogP contribution in [0.1, 0.15) is 33.8 Å². The van der Waals surface area contributed by atoms with Gasteiger partial charge in [0.15, 0.2) is 28.8 Å². The van der Waals surface area contributed by atoms with Crippen molar-refractivity contribution in [1.82, 2.24) is 0 Å². The Hall–Kier alpha value is -4.46. The molecule has 3 aromatic carbocycles. The molecule has 0 aliphatic heterocycles. The number of carbonyl (C=O) groups excluding carboxylic acids is 1. The van der Waals surface area contributed by atoms with Gasteiger partial charge in [-0.3, -0.25) is 4.79 Å². The Bertz CT molecular complexity index is 1470. The number of hydrogen-bond acceptors (Lipinski definition) is 8. The van der Waals surface area contributed by atoms with Crippen molar-refractivity contribution < 1.29 is 33.3 Å². The lowest BCUT2D eigenvalue weighted by atomic mass is 9.85. The molecule has 0 fully saturated rings. The van der Waals surface area contributed by atoms with Crippen molar-refractivity contribution in [3.63, 3.8) is 0 Å². The standard InChI is InChI=1S/C28H26O8/c1-32-22-11-9-16(13-24(22)34-3)19(15-20(29)17-10-12-23(33-2)25(14-17)35-4)26-27(30)18-7-5-6-8-21(18)36-28(26)31/h5-14,19,30H,15H2,1-4H3/t19-/m1/s1. The molecule has 8 nitrogen and oxygen atoms in total. The summed E-state index contributed by atoms with van der Waals surface area (Å²) in [6.07, 6.45) is -0.137. The van der Waals surface area contributed by atoms with E-state index in [1.54, 1.807) is 60.7 Å². The molecule has 0 unspecified atom stereocenters. The summed E-state index contributed by atoms with van der Waals surface area (Å²) in [6, 6.07) is 16.6. The molecule has 1 atom stereocenters. The molecule has 1 aromatic heterocycles. The number of hydrogen-bond donors (Lipinski definition) is 1. The van der Waals surface area contributed by atoms with Crippen LogP contribution < -0.4 is 24.6 Å². The van der Waals surface area contributed by atoms with Crippen LogP contribution in [0.3, 0.4) is 0 Å². The van der Waals surface area contributed by atoms with Crippen LogP contribution in [0, 0.1) is 0 Å². The highest BCUT2D eigenvalue weighted by Gasteiger charge is 2.28. The maximum Gasteiger partial charge on any atom is 0.343 e. The first-order valence-corrected chi connectivity index (χ1v) is 11.1. The minimum atomic E-state index is -0.841. The van der Waals surface area contributed by atoms with Crippen LogP contribution in [-0.4, -0.2) is 39.3 Å². The number of Topliss-reactive ketones (excluding diaryl/α,β-unsaturated/α-hetero) is 1. The summed E-state index contributed by atoms with van der Waals surface area (Å²) in [5.41, 5.74) is 0.434. The van der Waals surface area contributed by atoms with Crippen molar-refractivity contribution in [2.45, 2.75) is 12.3 Å². The van der Waals surface area contributed by atoms with Gasteiger partial charge in [0, 0.05) is 17.9 Å². The quantitative estimate of drug-likeness (QED) is 0.260. The molecule has 0 amide bonds. The first-order valence-electron chi connectivity index (χ1n) is 11.1. The summed E-state index contributed by atoms with van der Waals surface area (Å²) in [5.74, 6) is 0.442. The highest BCUT2D eigenvalue weighted by molar-refractivity contribution is 5.97. The molecule has 1 heterocycles. The topological polar surface area (TPSA) is 104 Å². The smallest absolute Gasteiger partial charge is 0.343 e. The molecule has 0 bridgehead atoms. The fourth-order valence-corrected chi connectivity index (χ4v) is 4.22. The normalized spacial score (nSPS) is 11.7. The van der Waals surface area contributed by atoms with E-state index in [-0.39, 0.29) is 29.1 Å². The second kappa shape index (κ2) is 10.4. The van der Waals surface area contributed by atoms with Gasteiger partial charge in [-0.2, -0.15) is 0 Å². The Morgan fingerprint density at radius 1 is 0.833 bits per heavy atom. The third-order valence-electron chi connectivity index (χ3n) is 6.07. The van der Waals surface area contributed by atoms with Crippen molar-refractivity contribution in [2.75, 3.05) is 28.4 Å². The van der Waals surface area contributed by atoms with Crippen LogP contribution >= 0.6 is 0 Å². The molecule has 0 saturated carbocycles. The summed E-state index contributed by atoms with van der Waals surface area (Å²) >= 11 is 0. The molecule has 0 aliphatic rings. The number of methoxy groups -OCH3 is 4. The maximum absolute atomic E-state index is 13.5. The molecule has 1 N–H and O–H groups in total. The summed E-state index contributed by atoms with van der Waals surface area (Å²) < 4.78 is 26.9. The van der Waals surface area contributed by atoms with Crippen LogP contribution in [0.25, 0.3) is 11.0 Å². The van der Waals surface area contributed by atoms with Crippen molar-refractivity contribution >= 4 is 16.8 Å². The minimum absolute atomic E-state index is 0.0188. The first-order chi connectivity index (χ1) is 17.4. The average Bonchev–Trinajstić information content (AvgIpc) is 2.91. The lowest BCUT2D eigenvalue weighted by Gasteiger charge is -2.20. The molecular formula is C28H26O8. The van der Waals surface area contributed by atoms with Crippen molar-refractivity contribution in [2.24, 2.45) is 0 Å². The van der Waals surface area contributed by atoms with Crippen molar-refractivity contribution in [3.8, 4) is 28.7 Å². The molecule has 36 heavy (non-hydrogen) atoms. The number of ether oxygens (including phenoxy) is 4. The van der Waals surface area contributed by atoms with Crippen LogP contribution in [0.5, 0.6) is 28.7 Å². The fraction of sp³-hybridized carbons (Fsp3) is 0.214. The van der Waals surface area contributed by atoms with E-state index in [1.165, 1.54) is 28.4 Å². The van der Waals surface area contributed by atoms with E-state index in [0.717, 1.165) is 0 Å².